The van der Waals surface area contributed by atoms with E-state index in [-0.39, 0.29) is 6.04 Å². The summed E-state index contributed by atoms with van der Waals surface area (Å²) in [6.45, 7) is 0. The summed E-state index contributed by atoms with van der Waals surface area (Å²) in [6, 6.07) is 2.41. The molecule has 2 unspecified atom stereocenters. The van der Waals surface area contributed by atoms with E-state index in [0.717, 1.165) is 12.8 Å². The monoisotopic (exact) mass is 178 g/mol. The fourth-order valence-corrected chi connectivity index (χ4v) is 1.71. The van der Waals surface area contributed by atoms with Crippen LogP contribution < -0.4 is 11.1 Å². The van der Waals surface area contributed by atoms with Crippen LogP contribution in [0.5, 0.6) is 0 Å². The molecule has 1 aliphatic rings. The second-order valence-corrected chi connectivity index (χ2v) is 3.42. The number of nitrogens with one attached hydrogen (secondary N) is 1. The Morgan fingerprint density at radius 2 is 2.08 bits per heavy atom. The third-order valence-electron chi connectivity index (χ3n) is 2.45. The van der Waals surface area contributed by atoms with E-state index >= 15 is 0 Å². The Morgan fingerprint density at radius 1 is 1.31 bits per heavy atom. The van der Waals surface area contributed by atoms with E-state index in [1.54, 1.807) is 18.5 Å². The van der Waals surface area contributed by atoms with Crippen molar-refractivity contribution in [2.45, 2.75) is 31.3 Å². The quantitative estimate of drug-likeness (QED) is 0.702. The highest BCUT2D eigenvalue weighted by Gasteiger charge is 2.23. The lowest BCUT2D eigenvalue weighted by molar-refractivity contribution is 0.633. The molecule has 0 saturated heterocycles. The Bertz CT molecular complexity index is 262. The zero-order valence-corrected chi connectivity index (χ0v) is 7.48. The lowest BCUT2D eigenvalue weighted by Gasteiger charge is -2.16. The van der Waals surface area contributed by atoms with Crippen molar-refractivity contribution in [2.75, 3.05) is 5.32 Å². The van der Waals surface area contributed by atoms with E-state index < -0.39 is 0 Å². The van der Waals surface area contributed by atoms with E-state index in [0.29, 0.717) is 12.0 Å². The molecule has 70 valence electrons. The number of rotatable bonds is 2. The summed E-state index contributed by atoms with van der Waals surface area (Å²) in [5, 5.41) is 3.24. The fraction of sp³-hybridized carbons (Fsp3) is 0.556. The van der Waals surface area contributed by atoms with Crippen LogP contribution in [0.1, 0.15) is 19.3 Å². The summed E-state index contributed by atoms with van der Waals surface area (Å²) in [6.07, 6.45) is 6.89. The third-order valence-corrected chi connectivity index (χ3v) is 2.45. The van der Waals surface area contributed by atoms with Gasteiger partial charge in [0.15, 0.2) is 0 Å². The van der Waals surface area contributed by atoms with Crippen LogP contribution >= 0.6 is 0 Å². The van der Waals surface area contributed by atoms with Crippen molar-refractivity contribution in [3.05, 3.63) is 18.5 Å². The Kier molecular flexibility index (Phi) is 2.40. The lowest BCUT2D eigenvalue weighted by Crippen LogP contribution is -2.35. The normalized spacial score (nSPS) is 27.5. The molecule has 1 aliphatic carbocycles. The van der Waals surface area contributed by atoms with Gasteiger partial charge in [-0.3, -0.25) is 0 Å². The van der Waals surface area contributed by atoms with Crippen LogP contribution in [-0.4, -0.2) is 22.1 Å². The summed E-state index contributed by atoms with van der Waals surface area (Å²) >= 11 is 0. The van der Waals surface area contributed by atoms with Crippen LogP contribution in [0.2, 0.25) is 0 Å². The van der Waals surface area contributed by atoms with Gasteiger partial charge in [0.1, 0.15) is 0 Å². The first kappa shape index (κ1) is 8.44. The molecule has 4 nitrogen and oxygen atoms in total. The second kappa shape index (κ2) is 3.70. The van der Waals surface area contributed by atoms with Gasteiger partial charge in [0.05, 0.1) is 0 Å². The number of aromatic nitrogens is 2. The number of hydrogen-bond donors (Lipinski definition) is 2. The first-order chi connectivity index (χ1) is 6.36. The summed E-state index contributed by atoms with van der Waals surface area (Å²) in [7, 11) is 0. The van der Waals surface area contributed by atoms with E-state index in [1.165, 1.54) is 6.42 Å². The zero-order chi connectivity index (χ0) is 9.10. The summed E-state index contributed by atoms with van der Waals surface area (Å²) < 4.78 is 0. The van der Waals surface area contributed by atoms with Crippen LogP contribution in [0.3, 0.4) is 0 Å². The maximum atomic E-state index is 5.91. The van der Waals surface area contributed by atoms with Gasteiger partial charge >= 0.3 is 0 Å². The highest BCUT2D eigenvalue weighted by molar-refractivity contribution is 5.25. The van der Waals surface area contributed by atoms with Gasteiger partial charge in [-0.15, -0.1) is 0 Å². The topological polar surface area (TPSA) is 63.8 Å². The van der Waals surface area contributed by atoms with Gasteiger partial charge in [0, 0.05) is 24.5 Å². The van der Waals surface area contributed by atoms with Gasteiger partial charge in [-0.2, -0.15) is 0 Å². The first-order valence-corrected chi connectivity index (χ1v) is 4.65. The Hall–Kier alpha value is -1.16. The van der Waals surface area contributed by atoms with Crippen LogP contribution in [0, 0.1) is 0 Å². The largest absolute Gasteiger partial charge is 0.350 e. The smallest absolute Gasteiger partial charge is 0.222 e. The highest BCUT2D eigenvalue weighted by Crippen LogP contribution is 2.19. The average Bonchev–Trinajstić information content (AvgIpc) is 2.54. The van der Waals surface area contributed by atoms with Gasteiger partial charge in [0.25, 0.3) is 0 Å². The molecule has 1 saturated carbocycles. The Balaban J connectivity index is 1.98. The van der Waals surface area contributed by atoms with Crippen molar-refractivity contribution >= 4 is 5.95 Å². The van der Waals surface area contributed by atoms with Gasteiger partial charge in [-0.25, -0.2) is 9.97 Å². The molecule has 2 rings (SSSR count). The molecule has 0 aliphatic heterocycles. The molecule has 0 radical (unpaired) electrons. The van der Waals surface area contributed by atoms with Crippen molar-refractivity contribution in [2.24, 2.45) is 5.73 Å². The molecular formula is C9H14N4. The van der Waals surface area contributed by atoms with Crippen molar-refractivity contribution in [3.63, 3.8) is 0 Å². The molecule has 3 N–H and O–H groups in total. The fourth-order valence-electron chi connectivity index (χ4n) is 1.71. The summed E-state index contributed by atoms with van der Waals surface area (Å²) in [5.41, 5.74) is 5.91. The molecule has 4 heteroatoms. The minimum Gasteiger partial charge on any atom is -0.350 e. The summed E-state index contributed by atoms with van der Waals surface area (Å²) in [5.74, 6) is 0.685. The molecule has 2 atom stereocenters. The van der Waals surface area contributed by atoms with E-state index in [1.807, 2.05) is 0 Å². The molecule has 1 fully saturated rings. The molecule has 0 spiro atoms. The van der Waals surface area contributed by atoms with Crippen molar-refractivity contribution in [1.29, 1.82) is 0 Å². The molecule has 0 amide bonds. The third kappa shape index (κ3) is 1.95. The maximum absolute atomic E-state index is 5.91. The Labute approximate surface area is 77.6 Å². The summed E-state index contributed by atoms with van der Waals surface area (Å²) in [4.78, 5) is 8.20. The van der Waals surface area contributed by atoms with Crippen LogP contribution in [0.15, 0.2) is 18.5 Å². The van der Waals surface area contributed by atoms with Crippen LogP contribution in [-0.2, 0) is 0 Å². The highest BCUT2D eigenvalue weighted by atomic mass is 15.1. The van der Waals surface area contributed by atoms with Gasteiger partial charge in [-0.1, -0.05) is 0 Å². The van der Waals surface area contributed by atoms with Gasteiger partial charge in [-0.05, 0) is 25.3 Å². The molecular weight excluding hydrogens is 164 g/mol. The van der Waals surface area contributed by atoms with Crippen LogP contribution in [0.4, 0.5) is 5.95 Å². The second-order valence-electron chi connectivity index (χ2n) is 3.42. The Morgan fingerprint density at radius 3 is 2.69 bits per heavy atom. The van der Waals surface area contributed by atoms with E-state index in [9.17, 15) is 0 Å². The number of nitrogens with zero attached hydrogens (tertiary/aromatic N) is 2. The molecule has 0 aromatic carbocycles. The number of anilines is 1. The van der Waals surface area contributed by atoms with Crippen molar-refractivity contribution in [3.8, 4) is 0 Å². The average molecular weight is 178 g/mol. The molecule has 1 heterocycles. The SMILES string of the molecule is NC1CCCC1Nc1ncccn1. The zero-order valence-electron chi connectivity index (χ0n) is 7.48. The van der Waals surface area contributed by atoms with E-state index in [4.69, 9.17) is 5.73 Å². The van der Waals surface area contributed by atoms with E-state index in [2.05, 4.69) is 15.3 Å². The predicted molar refractivity (Wildman–Crippen MR) is 51.3 cm³/mol. The standard InChI is InChI=1S/C9H14N4/c10-7-3-1-4-8(7)13-9-11-5-2-6-12-9/h2,5-8H,1,3-4,10H2,(H,11,12,13). The molecule has 13 heavy (non-hydrogen) atoms. The predicted octanol–water partition coefficient (Wildman–Crippen LogP) is 0.768. The van der Waals surface area contributed by atoms with Crippen molar-refractivity contribution in [1.82, 2.24) is 9.97 Å². The number of hydrogen-bond acceptors (Lipinski definition) is 4. The molecule has 1 aromatic heterocycles. The maximum Gasteiger partial charge on any atom is 0.222 e. The van der Waals surface area contributed by atoms with Crippen molar-refractivity contribution < 1.29 is 0 Å². The minimum atomic E-state index is 0.254. The minimum absolute atomic E-state index is 0.254. The van der Waals surface area contributed by atoms with Gasteiger partial charge in [0.2, 0.25) is 5.95 Å². The molecule has 1 aromatic rings. The number of nitrogens with two attached hydrogens (primary N) is 1. The van der Waals surface area contributed by atoms with Crippen LogP contribution in [0.25, 0.3) is 0 Å². The molecule has 0 bridgehead atoms. The first-order valence-electron chi connectivity index (χ1n) is 4.65. The van der Waals surface area contributed by atoms with Gasteiger partial charge < -0.3 is 11.1 Å². The lowest BCUT2D eigenvalue weighted by atomic mass is 10.2.